The number of rotatable bonds is 1. The second-order valence-electron chi connectivity index (χ2n) is 5.35. The van der Waals surface area contributed by atoms with Gasteiger partial charge < -0.3 is 5.32 Å². The summed E-state index contributed by atoms with van der Waals surface area (Å²) in [5.41, 5.74) is 0.348. The largest absolute Gasteiger partial charge is 0.315 e. The predicted octanol–water partition coefficient (Wildman–Crippen LogP) is 0.374. The van der Waals surface area contributed by atoms with Crippen LogP contribution in [0.4, 0.5) is 0 Å². The average Bonchev–Trinajstić information content (AvgIpc) is 2.62. The molecule has 0 aliphatic carbocycles. The minimum absolute atomic E-state index is 0.348. The molecule has 0 aromatic carbocycles. The lowest BCUT2D eigenvalue weighted by molar-refractivity contribution is 0.0210. The zero-order chi connectivity index (χ0) is 10.2. The Morgan fingerprint density at radius 1 is 1.29 bits per heavy atom. The van der Waals surface area contributed by atoms with E-state index >= 15 is 0 Å². The van der Waals surface area contributed by atoms with Crippen molar-refractivity contribution in [3.63, 3.8) is 0 Å². The Labute approximate surface area is 87.4 Å². The standard InChI is InChI=1S/C11H23N3/c1-11(2)9-14(7-6-13(11)3)10-4-5-12-8-10/h10,12H,4-9H2,1-3H3/t10-/m1/s1. The minimum atomic E-state index is 0.348. The Kier molecular flexibility index (Phi) is 2.82. The van der Waals surface area contributed by atoms with Crippen LogP contribution in [0.1, 0.15) is 20.3 Å². The van der Waals surface area contributed by atoms with Crippen LogP contribution in [0.15, 0.2) is 0 Å². The van der Waals surface area contributed by atoms with Crippen LogP contribution >= 0.6 is 0 Å². The molecule has 0 amide bonds. The summed E-state index contributed by atoms with van der Waals surface area (Å²) >= 11 is 0. The molecule has 2 aliphatic heterocycles. The van der Waals surface area contributed by atoms with Gasteiger partial charge >= 0.3 is 0 Å². The van der Waals surface area contributed by atoms with Crippen molar-refractivity contribution in [3.8, 4) is 0 Å². The normalized spacial score (nSPS) is 34.9. The highest BCUT2D eigenvalue weighted by atomic mass is 15.3. The van der Waals surface area contributed by atoms with E-state index in [1.165, 1.54) is 39.1 Å². The third-order valence-corrected chi connectivity index (χ3v) is 3.90. The van der Waals surface area contributed by atoms with Gasteiger partial charge in [-0.2, -0.15) is 0 Å². The zero-order valence-electron chi connectivity index (χ0n) is 9.71. The number of nitrogens with one attached hydrogen (secondary N) is 1. The van der Waals surface area contributed by atoms with Crippen LogP contribution < -0.4 is 5.32 Å². The average molecular weight is 197 g/mol. The lowest BCUT2D eigenvalue weighted by atomic mass is 9.98. The molecular weight excluding hydrogens is 174 g/mol. The quantitative estimate of drug-likeness (QED) is 0.655. The van der Waals surface area contributed by atoms with E-state index in [0.717, 1.165) is 6.04 Å². The molecule has 2 fully saturated rings. The molecule has 0 aromatic rings. The van der Waals surface area contributed by atoms with E-state index in [0.29, 0.717) is 5.54 Å². The summed E-state index contributed by atoms with van der Waals surface area (Å²) in [6.45, 7) is 10.8. The molecule has 3 heteroatoms. The SMILES string of the molecule is CN1CCN([C@@H]2CCNC2)CC1(C)C. The number of likely N-dealkylation sites (N-methyl/N-ethyl adjacent to an activating group) is 1. The van der Waals surface area contributed by atoms with Gasteiger partial charge in [-0.05, 0) is 33.9 Å². The fourth-order valence-corrected chi connectivity index (χ4v) is 2.54. The number of piperazine rings is 1. The van der Waals surface area contributed by atoms with Crippen LogP contribution in [0, 0.1) is 0 Å². The van der Waals surface area contributed by atoms with E-state index in [4.69, 9.17) is 0 Å². The van der Waals surface area contributed by atoms with Gasteiger partial charge in [0, 0.05) is 37.8 Å². The molecule has 1 N–H and O–H groups in total. The van der Waals surface area contributed by atoms with Crippen LogP contribution in [-0.4, -0.2) is 61.2 Å². The molecule has 2 rings (SSSR count). The highest BCUT2D eigenvalue weighted by molar-refractivity contribution is 4.92. The first-order valence-corrected chi connectivity index (χ1v) is 5.75. The first-order valence-electron chi connectivity index (χ1n) is 5.75. The third-order valence-electron chi connectivity index (χ3n) is 3.90. The topological polar surface area (TPSA) is 18.5 Å². The molecule has 82 valence electrons. The Bertz CT molecular complexity index is 197. The predicted molar refractivity (Wildman–Crippen MR) is 59.6 cm³/mol. The Morgan fingerprint density at radius 2 is 2.07 bits per heavy atom. The van der Waals surface area contributed by atoms with Crippen molar-refractivity contribution in [3.05, 3.63) is 0 Å². The van der Waals surface area contributed by atoms with E-state index in [1.807, 2.05) is 0 Å². The number of hydrogen-bond donors (Lipinski definition) is 1. The molecule has 0 unspecified atom stereocenters. The van der Waals surface area contributed by atoms with Crippen LogP contribution in [-0.2, 0) is 0 Å². The molecule has 2 heterocycles. The van der Waals surface area contributed by atoms with E-state index in [-0.39, 0.29) is 0 Å². The summed E-state index contributed by atoms with van der Waals surface area (Å²) in [5, 5.41) is 3.45. The third kappa shape index (κ3) is 1.95. The smallest absolute Gasteiger partial charge is 0.0277 e. The van der Waals surface area contributed by atoms with Gasteiger partial charge in [-0.3, -0.25) is 9.80 Å². The molecule has 0 spiro atoms. The molecular formula is C11H23N3. The van der Waals surface area contributed by atoms with Crippen molar-refractivity contribution in [2.75, 3.05) is 39.8 Å². The second-order valence-corrected chi connectivity index (χ2v) is 5.35. The van der Waals surface area contributed by atoms with Crippen LogP contribution in [0.25, 0.3) is 0 Å². The molecule has 2 aliphatic rings. The monoisotopic (exact) mass is 197 g/mol. The van der Waals surface area contributed by atoms with E-state index in [2.05, 4.69) is 36.0 Å². The van der Waals surface area contributed by atoms with Crippen molar-refractivity contribution in [1.29, 1.82) is 0 Å². The number of nitrogens with zero attached hydrogens (tertiary/aromatic N) is 2. The maximum atomic E-state index is 3.45. The van der Waals surface area contributed by atoms with Crippen molar-refractivity contribution >= 4 is 0 Å². The van der Waals surface area contributed by atoms with Crippen LogP contribution in [0.3, 0.4) is 0 Å². The van der Waals surface area contributed by atoms with Gasteiger partial charge in [-0.15, -0.1) is 0 Å². The summed E-state index contributed by atoms with van der Waals surface area (Å²) < 4.78 is 0. The fraction of sp³-hybridized carbons (Fsp3) is 1.00. The molecule has 0 radical (unpaired) electrons. The molecule has 14 heavy (non-hydrogen) atoms. The highest BCUT2D eigenvalue weighted by Gasteiger charge is 2.34. The van der Waals surface area contributed by atoms with Crippen LogP contribution in [0.2, 0.25) is 0 Å². The first-order chi connectivity index (χ1) is 6.59. The molecule has 3 nitrogen and oxygen atoms in total. The van der Waals surface area contributed by atoms with Gasteiger partial charge in [0.05, 0.1) is 0 Å². The van der Waals surface area contributed by atoms with Gasteiger partial charge in [0.15, 0.2) is 0 Å². The van der Waals surface area contributed by atoms with Gasteiger partial charge in [0.1, 0.15) is 0 Å². The van der Waals surface area contributed by atoms with Crippen LogP contribution in [0.5, 0.6) is 0 Å². The maximum absolute atomic E-state index is 3.45. The first kappa shape index (κ1) is 10.4. The van der Waals surface area contributed by atoms with E-state index in [9.17, 15) is 0 Å². The maximum Gasteiger partial charge on any atom is 0.0277 e. The summed E-state index contributed by atoms with van der Waals surface area (Å²) in [4.78, 5) is 5.14. The van der Waals surface area contributed by atoms with Gasteiger partial charge in [0.25, 0.3) is 0 Å². The van der Waals surface area contributed by atoms with Crippen molar-refractivity contribution in [1.82, 2.24) is 15.1 Å². The second kappa shape index (κ2) is 3.80. The summed E-state index contributed by atoms with van der Waals surface area (Å²) in [6.07, 6.45) is 1.33. The lowest BCUT2D eigenvalue weighted by Gasteiger charge is -2.47. The van der Waals surface area contributed by atoms with E-state index in [1.54, 1.807) is 0 Å². The van der Waals surface area contributed by atoms with E-state index < -0.39 is 0 Å². The Balaban J connectivity index is 1.95. The molecule has 0 aromatic heterocycles. The molecule has 0 saturated carbocycles. The fourth-order valence-electron chi connectivity index (χ4n) is 2.54. The van der Waals surface area contributed by atoms with Gasteiger partial charge in [-0.25, -0.2) is 0 Å². The minimum Gasteiger partial charge on any atom is -0.315 e. The summed E-state index contributed by atoms with van der Waals surface area (Å²) in [6, 6.07) is 0.794. The summed E-state index contributed by atoms with van der Waals surface area (Å²) in [7, 11) is 2.24. The zero-order valence-corrected chi connectivity index (χ0v) is 9.71. The molecule has 0 bridgehead atoms. The van der Waals surface area contributed by atoms with Gasteiger partial charge in [-0.1, -0.05) is 0 Å². The molecule has 2 saturated heterocycles. The molecule has 1 atom stereocenters. The lowest BCUT2D eigenvalue weighted by Crippen LogP contribution is -2.60. The van der Waals surface area contributed by atoms with Crippen molar-refractivity contribution < 1.29 is 0 Å². The Hall–Kier alpha value is -0.120. The van der Waals surface area contributed by atoms with Crippen molar-refractivity contribution in [2.24, 2.45) is 0 Å². The summed E-state index contributed by atoms with van der Waals surface area (Å²) in [5.74, 6) is 0. The highest BCUT2D eigenvalue weighted by Crippen LogP contribution is 2.22. The Morgan fingerprint density at radius 3 is 2.64 bits per heavy atom. The van der Waals surface area contributed by atoms with Crippen molar-refractivity contribution in [2.45, 2.75) is 31.8 Å². The van der Waals surface area contributed by atoms with Gasteiger partial charge in [0.2, 0.25) is 0 Å². The number of hydrogen-bond acceptors (Lipinski definition) is 3.